The lowest BCUT2D eigenvalue weighted by atomic mass is 9.84. The van der Waals surface area contributed by atoms with Gasteiger partial charge in [0.2, 0.25) is 0 Å². The van der Waals surface area contributed by atoms with E-state index in [-0.39, 0.29) is 11.5 Å². The minimum Gasteiger partial charge on any atom is -0.497 e. The largest absolute Gasteiger partial charge is 0.497 e. The van der Waals surface area contributed by atoms with Crippen molar-refractivity contribution in [3.63, 3.8) is 0 Å². The standard InChI is InChI=1S/C19H31ClO3Si/c1-19(2,3)18(23-24(5)6)16(13-20)11-12-22-14-15-7-9-17(21-4)10-8-15/h7-10,13,18,24H,11-12,14H2,1-6H3. The zero-order valence-corrected chi connectivity index (χ0v) is 17.7. The normalized spacial score (nSPS) is 14.1. The van der Waals surface area contributed by atoms with E-state index in [0.717, 1.165) is 23.3 Å². The molecule has 1 unspecified atom stereocenters. The molecule has 1 atom stereocenters. The number of halogens is 1. The Morgan fingerprint density at radius 2 is 1.83 bits per heavy atom. The smallest absolute Gasteiger partial charge is 0.171 e. The molecule has 1 rings (SSSR count). The maximum absolute atomic E-state index is 6.23. The van der Waals surface area contributed by atoms with Gasteiger partial charge in [-0.25, -0.2) is 0 Å². The van der Waals surface area contributed by atoms with E-state index in [1.54, 1.807) is 12.6 Å². The fourth-order valence-corrected chi connectivity index (χ4v) is 3.82. The number of hydrogen-bond donors (Lipinski definition) is 0. The summed E-state index contributed by atoms with van der Waals surface area (Å²) in [5, 5.41) is 0. The average Bonchev–Trinajstić information content (AvgIpc) is 2.53. The van der Waals surface area contributed by atoms with Crippen LogP contribution in [-0.4, -0.2) is 28.9 Å². The van der Waals surface area contributed by atoms with Crippen LogP contribution >= 0.6 is 11.6 Å². The Bertz CT molecular complexity index is 506. The van der Waals surface area contributed by atoms with E-state index in [0.29, 0.717) is 13.2 Å². The average molecular weight is 371 g/mol. The molecule has 0 saturated heterocycles. The quantitative estimate of drug-likeness (QED) is 0.445. The molecule has 0 radical (unpaired) electrons. The third kappa shape index (κ3) is 7.39. The molecule has 1 aromatic rings. The van der Waals surface area contributed by atoms with E-state index < -0.39 is 9.04 Å². The van der Waals surface area contributed by atoms with Crippen LogP contribution in [0.2, 0.25) is 13.1 Å². The van der Waals surface area contributed by atoms with Gasteiger partial charge >= 0.3 is 0 Å². The van der Waals surface area contributed by atoms with Gasteiger partial charge in [0.25, 0.3) is 0 Å². The van der Waals surface area contributed by atoms with Crippen molar-refractivity contribution >= 4 is 20.6 Å². The number of hydrogen-bond acceptors (Lipinski definition) is 3. The molecule has 0 heterocycles. The lowest BCUT2D eigenvalue weighted by Crippen LogP contribution is -2.35. The summed E-state index contributed by atoms with van der Waals surface area (Å²) in [5.41, 5.74) is 3.93. The summed E-state index contributed by atoms with van der Waals surface area (Å²) in [6.45, 7) is 12.1. The summed E-state index contributed by atoms with van der Waals surface area (Å²) >= 11 is 6.09. The molecule has 3 nitrogen and oxygen atoms in total. The molecule has 0 spiro atoms. The second kappa shape index (κ2) is 10.2. The number of ether oxygens (including phenoxy) is 2. The first-order valence-electron chi connectivity index (χ1n) is 8.43. The Balaban J connectivity index is 2.52. The van der Waals surface area contributed by atoms with Crippen LogP contribution in [-0.2, 0) is 15.8 Å². The molecule has 0 saturated carbocycles. The van der Waals surface area contributed by atoms with Crippen molar-refractivity contribution in [1.29, 1.82) is 0 Å². The minimum absolute atomic E-state index is 0.0218. The van der Waals surface area contributed by atoms with Gasteiger partial charge in [0.15, 0.2) is 9.04 Å². The van der Waals surface area contributed by atoms with E-state index in [9.17, 15) is 0 Å². The molecule has 24 heavy (non-hydrogen) atoms. The monoisotopic (exact) mass is 370 g/mol. The molecule has 136 valence electrons. The van der Waals surface area contributed by atoms with Gasteiger partial charge in [-0.15, -0.1) is 0 Å². The Kier molecular flexibility index (Phi) is 9.06. The second-order valence-electron chi connectivity index (χ2n) is 7.27. The van der Waals surface area contributed by atoms with E-state index in [4.69, 9.17) is 25.5 Å². The Labute approximate surface area is 153 Å². The summed E-state index contributed by atoms with van der Waals surface area (Å²) < 4.78 is 17.2. The van der Waals surface area contributed by atoms with E-state index in [2.05, 4.69) is 33.9 Å². The highest BCUT2D eigenvalue weighted by Gasteiger charge is 2.29. The number of rotatable bonds is 9. The Morgan fingerprint density at radius 3 is 2.29 bits per heavy atom. The third-order valence-corrected chi connectivity index (χ3v) is 4.73. The lowest BCUT2D eigenvalue weighted by Gasteiger charge is -2.34. The van der Waals surface area contributed by atoms with E-state index in [1.807, 2.05) is 24.3 Å². The summed E-state index contributed by atoms with van der Waals surface area (Å²) in [5.74, 6) is 0.856. The molecule has 0 amide bonds. The van der Waals surface area contributed by atoms with Gasteiger partial charge in [-0.2, -0.15) is 0 Å². The molecule has 5 heteroatoms. The molecule has 0 aromatic heterocycles. The van der Waals surface area contributed by atoms with Gasteiger partial charge in [0, 0.05) is 5.54 Å². The summed E-state index contributed by atoms with van der Waals surface area (Å²) in [4.78, 5) is 0. The first-order valence-corrected chi connectivity index (χ1v) is 11.6. The van der Waals surface area contributed by atoms with Gasteiger partial charge in [0.1, 0.15) is 5.75 Å². The van der Waals surface area contributed by atoms with Gasteiger partial charge in [0.05, 0.1) is 26.4 Å². The topological polar surface area (TPSA) is 27.7 Å². The summed E-state index contributed by atoms with van der Waals surface area (Å²) in [6.07, 6.45) is 0.828. The molecule has 0 aliphatic rings. The molecule has 0 N–H and O–H groups in total. The van der Waals surface area contributed by atoms with Gasteiger partial charge in [-0.05, 0) is 48.2 Å². The van der Waals surface area contributed by atoms with Crippen molar-refractivity contribution in [2.45, 2.75) is 53.0 Å². The van der Waals surface area contributed by atoms with Crippen LogP contribution in [0.3, 0.4) is 0 Å². The molecule has 1 aromatic carbocycles. The maximum atomic E-state index is 6.23. The Hall–Kier alpha value is -0.813. The van der Waals surface area contributed by atoms with Gasteiger partial charge < -0.3 is 13.9 Å². The van der Waals surface area contributed by atoms with Crippen molar-refractivity contribution in [3.8, 4) is 5.75 Å². The van der Waals surface area contributed by atoms with Gasteiger partial charge in [-0.1, -0.05) is 44.5 Å². The predicted molar refractivity (Wildman–Crippen MR) is 104 cm³/mol. The summed E-state index contributed by atoms with van der Waals surface area (Å²) in [6, 6.07) is 7.92. The second-order valence-corrected chi connectivity index (χ2v) is 9.85. The highest BCUT2D eigenvalue weighted by molar-refractivity contribution is 6.48. The third-order valence-electron chi connectivity index (χ3n) is 3.63. The van der Waals surface area contributed by atoms with E-state index >= 15 is 0 Å². The van der Waals surface area contributed by atoms with Crippen LogP contribution in [0.15, 0.2) is 35.4 Å². The van der Waals surface area contributed by atoms with Crippen LogP contribution in [0, 0.1) is 5.41 Å². The van der Waals surface area contributed by atoms with E-state index in [1.165, 1.54) is 0 Å². The van der Waals surface area contributed by atoms with Crippen molar-refractivity contribution in [2.75, 3.05) is 13.7 Å². The van der Waals surface area contributed by atoms with Gasteiger partial charge in [-0.3, -0.25) is 0 Å². The zero-order chi connectivity index (χ0) is 18.2. The highest BCUT2D eigenvalue weighted by atomic mass is 35.5. The lowest BCUT2D eigenvalue weighted by molar-refractivity contribution is 0.0943. The zero-order valence-electron chi connectivity index (χ0n) is 15.8. The van der Waals surface area contributed by atoms with Crippen molar-refractivity contribution in [1.82, 2.24) is 0 Å². The minimum atomic E-state index is -1.15. The first-order chi connectivity index (χ1) is 11.3. The molecule has 0 bridgehead atoms. The number of benzene rings is 1. The highest BCUT2D eigenvalue weighted by Crippen LogP contribution is 2.31. The fourth-order valence-electron chi connectivity index (χ4n) is 2.46. The SMILES string of the molecule is COc1ccc(COCCC(=CCl)C(O[SiH](C)C)C(C)(C)C)cc1. The molecular formula is C19H31ClO3Si. The molecule has 0 fully saturated rings. The maximum Gasteiger partial charge on any atom is 0.171 e. The van der Waals surface area contributed by atoms with Crippen molar-refractivity contribution in [2.24, 2.45) is 5.41 Å². The van der Waals surface area contributed by atoms with Crippen LogP contribution in [0.25, 0.3) is 0 Å². The van der Waals surface area contributed by atoms with Crippen LogP contribution in [0.5, 0.6) is 5.75 Å². The van der Waals surface area contributed by atoms with Crippen LogP contribution < -0.4 is 4.74 Å². The van der Waals surface area contributed by atoms with Crippen molar-refractivity contribution < 1.29 is 13.9 Å². The molecule has 0 aliphatic heterocycles. The van der Waals surface area contributed by atoms with Crippen LogP contribution in [0.4, 0.5) is 0 Å². The van der Waals surface area contributed by atoms with Crippen molar-refractivity contribution in [3.05, 3.63) is 40.9 Å². The predicted octanol–water partition coefficient (Wildman–Crippen LogP) is 5.14. The molecule has 0 aliphatic carbocycles. The first kappa shape index (κ1) is 21.2. The summed E-state index contributed by atoms with van der Waals surface area (Å²) in [7, 11) is 0.517. The van der Waals surface area contributed by atoms with Crippen LogP contribution in [0.1, 0.15) is 32.8 Å². The Morgan fingerprint density at radius 1 is 1.21 bits per heavy atom. The fraction of sp³-hybridized carbons (Fsp3) is 0.579. The molecular weight excluding hydrogens is 340 g/mol. The number of methoxy groups -OCH3 is 1.